The first-order chi connectivity index (χ1) is 17.5. The number of nitriles is 1. The van der Waals surface area contributed by atoms with Crippen molar-refractivity contribution in [3.8, 4) is 6.07 Å². The average molecular weight is 517 g/mol. The average Bonchev–Trinajstić information content (AvgIpc) is 2.82. The molecule has 1 amide bonds. The third-order valence-electron chi connectivity index (χ3n) is 12.4. The number of hydrogen-bond acceptors (Lipinski definition) is 4. The Morgan fingerprint density at radius 3 is 2.34 bits per heavy atom. The molecule has 7 atom stereocenters. The highest BCUT2D eigenvalue weighted by Gasteiger charge is 2.70. The Kier molecular flexibility index (Phi) is 5.60. The molecular weight excluding hydrogens is 476 g/mol. The number of hydrogen-bond donors (Lipinski definition) is 0. The summed E-state index contributed by atoms with van der Waals surface area (Å²) in [5.74, 6) is -1.01. The van der Waals surface area contributed by atoms with Gasteiger partial charge in [-0.15, -0.1) is 0 Å². The summed E-state index contributed by atoms with van der Waals surface area (Å²) < 4.78 is 0. The molecule has 38 heavy (non-hydrogen) atoms. The summed E-state index contributed by atoms with van der Waals surface area (Å²) >= 11 is 0. The molecule has 7 heteroatoms. The number of Topliss-reactive ketones (excluding diaryl/α,β-unsaturated/α-hetero) is 1. The number of carbonyl (C=O) groups is 3. The van der Waals surface area contributed by atoms with E-state index >= 15 is 0 Å². The molecule has 3 fully saturated rings. The molecule has 5 aliphatic rings. The quantitative estimate of drug-likeness (QED) is 0.210. The minimum absolute atomic E-state index is 0.00489. The number of azide groups is 1. The van der Waals surface area contributed by atoms with Crippen molar-refractivity contribution in [2.75, 3.05) is 0 Å². The van der Waals surface area contributed by atoms with Crippen molar-refractivity contribution in [3.63, 3.8) is 0 Å². The van der Waals surface area contributed by atoms with Gasteiger partial charge in [0.1, 0.15) is 6.07 Å². The van der Waals surface area contributed by atoms with Crippen molar-refractivity contribution in [2.45, 2.75) is 93.4 Å². The predicted octanol–water partition coefficient (Wildman–Crippen LogP) is 7.04. The Bertz CT molecular complexity index is 1310. The van der Waals surface area contributed by atoms with E-state index < -0.39 is 27.6 Å². The van der Waals surface area contributed by atoms with Crippen LogP contribution < -0.4 is 0 Å². The van der Waals surface area contributed by atoms with E-state index in [0.29, 0.717) is 19.3 Å². The smallest absolute Gasteiger partial charge is 0.225 e. The van der Waals surface area contributed by atoms with E-state index in [1.54, 1.807) is 0 Å². The number of rotatable bonds is 1. The van der Waals surface area contributed by atoms with Crippen LogP contribution in [0, 0.1) is 61.6 Å². The first-order valence-electron chi connectivity index (χ1n) is 14.1. The van der Waals surface area contributed by atoms with Crippen LogP contribution in [-0.2, 0) is 14.4 Å². The number of amides is 1. The van der Waals surface area contributed by atoms with E-state index in [-0.39, 0.29) is 45.7 Å². The van der Waals surface area contributed by atoms with Gasteiger partial charge in [0.2, 0.25) is 5.91 Å². The second kappa shape index (κ2) is 7.92. The molecule has 5 rings (SSSR count). The van der Waals surface area contributed by atoms with Crippen LogP contribution in [0.15, 0.2) is 28.4 Å². The van der Waals surface area contributed by atoms with Gasteiger partial charge in [-0.25, -0.2) is 0 Å². The monoisotopic (exact) mass is 516 g/mol. The molecule has 0 aromatic rings. The molecule has 0 radical (unpaired) electrons. The molecule has 0 aromatic carbocycles. The summed E-state index contributed by atoms with van der Waals surface area (Å²) in [6, 6.07) is 2.15. The fraction of sp³-hybridized carbons (Fsp3) is 0.742. The lowest BCUT2D eigenvalue weighted by molar-refractivity contribution is -0.176. The molecule has 0 heterocycles. The van der Waals surface area contributed by atoms with Gasteiger partial charge in [-0.2, -0.15) is 5.26 Å². The van der Waals surface area contributed by atoms with Gasteiger partial charge < -0.3 is 0 Å². The molecule has 3 saturated carbocycles. The third kappa shape index (κ3) is 3.13. The first kappa shape index (κ1) is 26.9. The maximum atomic E-state index is 14.4. The maximum Gasteiger partial charge on any atom is 0.225 e. The maximum absolute atomic E-state index is 14.4. The minimum Gasteiger partial charge on any atom is -0.295 e. The minimum atomic E-state index is -0.794. The summed E-state index contributed by atoms with van der Waals surface area (Å²) in [6.07, 6.45) is 8.91. The van der Waals surface area contributed by atoms with E-state index in [9.17, 15) is 19.6 Å². The van der Waals surface area contributed by atoms with Crippen LogP contribution >= 0.6 is 0 Å². The van der Waals surface area contributed by atoms with E-state index in [1.165, 1.54) is 0 Å². The molecule has 0 aliphatic heterocycles. The molecule has 0 aromatic heterocycles. The van der Waals surface area contributed by atoms with Crippen LogP contribution in [-0.4, -0.2) is 17.5 Å². The van der Waals surface area contributed by atoms with E-state index in [0.717, 1.165) is 31.3 Å². The standard InChI is InChI=1S/C31H40N4O3/c1-26(2)10-12-31(25(38)34-35-33)13-11-30(7)23(19(31)16-26)20(36)14-22-28(5)15-18(17-32)24(37)27(3,4)21(28)8-9-29(22,30)6/h14-15,19,21,23H,8-13,16H2,1-7H3/t19?,21?,23?,28-,29+,30+,31-/m0/s1. The summed E-state index contributed by atoms with van der Waals surface area (Å²) in [5.41, 5.74) is 7.55. The van der Waals surface area contributed by atoms with Gasteiger partial charge in [-0.1, -0.05) is 60.1 Å². The highest BCUT2D eigenvalue weighted by Crippen LogP contribution is 2.74. The number of ketones is 2. The van der Waals surface area contributed by atoms with Crippen LogP contribution in [0.5, 0.6) is 0 Å². The zero-order valence-electron chi connectivity index (χ0n) is 23.9. The molecule has 0 bridgehead atoms. The third-order valence-corrected chi connectivity index (χ3v) is 12.4. The van der Waals surface area contributed by atoms with Crippen LogP contribution in [0.25, 0.3) is 10.4 Å². The number of fused-ring (bicyclic) bond motifs is 7. The summed E-state index contributed by atoms with van der Waals surface area (Å²) in [4.78, 5) is 43.8. The molecule has 3 unspecified atom stereocenters. The summed E-state index contributed by atoms with van der Waals surface area (Å²) in [7, 11) is 0. The lowest BCUT2D eigenvalue weighted by Crippen LogP contribution is -2.65. The predicted molar refractivity (Wildman–Crippen MR) is 143 cm³/mol. The molecule has 0 spiro atoms. The van der Waals surface area contributed by atoms with Crippen molar-refractivity contribution in [3.05, 3.63) is 33.7 Å². The summed E-state index contributed by atoms with van der Waals surface area (Å²) in [6.45, 7) is 14.9. The Balaban J connectivity index is 1.71. The summed E-state index contributed by atoms with van der Waals surface area (Å²) in [5, 5.41) is 13.5. The normalized spacial score (nSPS) is 44.5. The van der Waals surface area contributed by atoms with Crippen LogP contribution in [0.3, 0.4) is 0 Å². The van der Waals surface area contributed by atoms with E-state index in [2.05, 4.69) is 50.7 Å². The number of nitrogens with zero attached hydrogens (tertiary/aromatic N) is 4. The molecular formula is C31H40N4O3. The van der Waals surface area contributed by atoms with Gasteiger partial charge in [0, 0.05) is 27.1 Å². The van der Waals surface area contributed by atoms with Gasteiger partial charge in [0.05, 0.1) is 5.57 Å². The van der Waals surface area contributed by atoms with E-state index in [4.69, 9.17) is 5.53 Å². The van der Waals surface area contributed by atoms with Crippen LogP contribution in [0.4, 0.5) is 0 Å². The molecule has 0 N–H and O–H groups in total. The lowest BCUT2D eigenvalue weighted by Gasteiger charge is -2.69. The van der Waals surface area contributed by atoms with Crippen molar-refractivity contribution >= 4 is 17.5 Å². The van der Waals surface area contributed by atoms with Crippen LogP contribution in [0.2, 0.25) is 0 Å². The second-order valence-electron chi connectivity index (χ2n) is 14.9. The highest BCUT2D eigenvalue weighted by atomic mass is 16.2. The first-order valence-corrected chi connectivity index (χ1v) is 14.1. The zero-order chi connectivity index (χ0) is 28.1. The molecule has 0 saturated heterocycles. The van der Waals surface area contributed by atoms with Crippen LogP contribution in [0.1, 0.15) is 93.4 Å². The Morgan fingerprint density at radius 1 is 1.05 bits per heavy atom. The Labute approximate surface area is 225 Å². The van der Waals surface area contributed by atoms with Crippen molar-refractivity contribution in [2.24, 2.45) is 55.4 Å². The molecule has 7 nitrogen and oxygen atoms in total. The largest absolute Gasteiger partial charge is 0.295 e. The molecule has 202 valence electrons. The Morgan fingerprint density at radius 2 is 1.71 bits per heavy atom. The van der Waals surface area contributed by atoms with Gasteiger partial charge in [-0.3, -0.25) is 14.4 Å². The fourth-order valence-electron chi connectivity index (χ4n) is 10.1. The lowest BCUT2D eigenvalue weighted by atomic mass is 9.34. The topological polar surface area (TPSA) is 124 Å². The Hall–Kier alpha value is -2.71. The number of carbonyl (C=O) groups excluding carboxylic acids is 3. The fourth-order valence-corrected chi connectivity index (χ4v) is 10.1. The van der Waals surface area contributed by atoms with E-state index in [1.807, 2.05) is 26.0 Å². The van der Waals surface area contributed by atoms with Gasteiger partial charge in [0.15, 0.2) is 11.6 Å². The molecule has 5 aliphatic carbocycles. The van der Waals surface area contributed by atoms with Crippen molar-refractivity contribution in [1.29, 1.82) is 5.26 Å². The van der Waals surface area contributed by atoms with Gasteiger partial charge in [-0.05, 0) is 89.7 Å². The SMILES string of the molecule is CC1(C)CC[C@]2(C(=O)N=[N+]=[N-])CC[C@]3(C)C(C(=O)C=C4[C@@]5(C)C=C(C#N)C(=O)C(C)(C)C5CC[C@]43C)C2C1. The van der Waals surface area contributed by atoms with Crippen molar-refractivity contribution in [1.82, 2.24) is 0 Å². The second-order valence-corrected chi connectivity index (χ2v) is 14.9. The highest BCUT2D eigenvalue weighted by molar-refractivity contribution is 6.04. The zero-order valence-corrected chi connectivity index (χ0v) is 23.9. The van der Waals surface area contributed by atoms with Crippen molar-refractivity contribution < 1.29 is 14.4 Å². The van der Waals surface area contributed by atoms with Gasteiger partial charge >= 0.3 is 0 Å². The number of allylic oxidation sites excluding steroid dienone is 4. The van der Waals surface area contributed by atoms with Gasteiger partial charge in [0.25, 0.3) is 0 Å².